The molecule has 1 aromatic heterocycles. The average Bonchev–Trinajstić information content (AvgIpc) is 3.16. The van der Waals surface area contributed by atoms with Gasteiger partial charge in [0.2, 0.25) is 0 Å². The van der Waals surface area contributed by atoms with Crippen LogP contribution < -0.4 is 4.90 Å². The van der Waals surface area contributed by atoms with E-state index in [0.717, 1.165) is 28.4 Å². The maximum Gasteiger partial charge on any atom is 0.270 e. The highest BCUT2D eigenvalue weighted by molar-refractivity contribution is 9.10. The quantitative estimate of drug-likeness (QED) is 0.294. The first-order valence-electron chi connectivity index (χ1n) is 8.80. The third-order valence-electron chi connectivity index (χ3n) is 4.53. The molecule has 1 aliphatic rings. The van der Waals surface area contributed by atoms with Gasteiger partial charge in [0.1, 0.15) is 0 Å². The van der Waals surface area contributed by atoms with E-state index < -0.39 is 0 Å². The number of para-hydroxylation sites is 1. The lowest BCUT2D eigenvalue weighted by Crippen LogP contribution is -2.27. The van der Waals surface area contributed by atoms with Crippen molar-refractivity contribution < 1.29 is 4.79 Å². The Kier molecular flexibility index (Phi) is 5.65. The monoisotopic (exact) mass is 490 g/mol. The Morgan fingerprint density at radius 1 is 1.25 bits per heavy atom. The van der Waals surface area contributed by atoms with Crippen LogP contribution in [0.1, 0.15) is 18.9 Å². The van der Waals surface area contributed by atoms with E-state index in [-0.39, 0.29) is 5.91 Å². The number of aryl methyl sites for hydroxylation is 1. The van der Waals surface area contributed by atoms with E-state index in [0.29, 0.717) is 19.9 Å². The number of amides is 1. The van der Waals surface area contributed by atoms with Gasteiger partial charge in [0, 0.05) is 33.7 Å². The van der Waals surface area contributed by atoms with Gasteiger partial charge in [0.15, 0.2) is 4.32 Å². The molecule has 1 saturated heterocycles. The number of halogens is 2. The molecule has 4 rings (SSSR count). The molecule has 2 aromatic carbocycles. The highest BCUT2D eigenvalue weighted by atomic mass is 79.9. The highest BCUT2D eigenvalue weighted by Gasteiger charge is 2.33. The normalized spacial score (nSPS) is 16.0. The van der Waals surface area contributed by atoms with E-state index in [2.05, 4.69) is 45.8 Å². The first kappa shape index (κ1) is 19.7. The van der Waals surface area contributed by atoms with Crippen LogP contribution >= 0.6 is 51.5 Å². The summed E-state index contributed by atoms with van der Waals surface area (Å²) in [5.74, 6) is -0.124. The van der Waals surface area contributed by atoms with Crippen LogP contribution in [0.3, 0.4) is 0 Å². The Balaban J connectivity index is 1.73. The van der Waals surface area contributed by atoms with Crippen LogP contribution in [0.2, 0.25) is 5.02 Å². The van der Waals surface area contributed by atoms with Gasteiger partial charge >= 0.3 is 0 Å². The summed E-state index contributed by atoms with van der Waals surface area (Å²) < 4.78 is 3.52. The third-order valence-corrected chi connectivity index (χ3v) is 7.06. The second-order valence-corrected chi connectivity index (χ2v) is 9.35. The van der Waals surface area contributed by atoms with Crippen LogP contribution in [-0.4, -0.2) is 14.8 Å². The van der Waals surface area contributed by atoms with E-state index in [1.807, 2.05) is 30.3 Å². The average molecular weight is 492 g/mol. The van der Waals surface area contributed by atoms with Crippen molar-refractivity contribution in [1.82, 2.24) is 4.57 Å². The third kappa shape index (κ3) is 3.54. The Bertz CT molecular complexity index is 1140. The minimum Gasteiger partial charge on any atom is -0.347 e. The number of thiocarbonyl (C=S) groups is 1. The maximum atomic E-state index is 13.1. The van der Waals surface area contributed by atoms with Gasteiger partial charge in [-0.2, -0.15) is 0 Å². The summed E-state index contributed by atoms with van der Waals surface area (Å²) in [6.07, 6.45) is 5.09. The first-order chi connectivity index (χ1) is 13.5. The number of fused-ring (bicyclic) bond motifs is 1. The lowest BCUT2D eigenvalue weighted by Gasteiger charge is -2.15. The van der Waals surface area contributed by atoms with Gasteiger partial charge in [-0.1, -0.05) is 60.7 Å². The topological polar surface area (TPSA) is 25.2 Å². The summed E-state index contributed by atoms with van der Waals surface area (Å²) in [6, 6.07) is 13.6. The Labute approximate surface area is 186 Å². The number of benzene rings is 2. The van der Waals surface area contributed by atoms with Gasteiger partial charge in [-0.25, -0.2) is 0 Å². The van der Waals surface area contributed by atoms with Crippen LogP contribution in [0.25, 0.3) is 17.0 Å². The number of hydrogen-bond acceptors (Lipinski definition) is 3. The number of anilines is 1. The predicted octanol–water partition coefficient (Wildman–Crippen LogP) is 6.87. The number of carbonyl (C=O) groups excluding carboxylic acids is 1. The number of hydrogen-bond donors (Lipinski definition) is 0. The molecule has 3 nitrogen and oxygen atoms in total. The van der Waals surface area contributed by atoms with Crippen molar-refractivity contribution in [3.63, 3.8) is 0 Å². The molecule has 28 heavy (non-hydrogen) atoms. The molecule has 0 radical (unpaired) electrons. The zero-order chi connectivity index (χ0) is 19.8. The molecule has 2 heterocycles. The summed E-state index contributed by atoms with van der Waals surface area (Å²) in [5, 5.41) is 1.67. The smallest absolute Gasteiger partial charge is 0.270 e. The number of aromatic nitrogens is 1. The zero-order valence-electron chi connectivity index (χ0n) is 15.0. The largest absolute Gasteiger partial charge is 0.347 e. The molecule has 1 amide bonds. The molecule has 0 saturated carbocycles. The van der Waals surface area contributed by atoms with Gasteiger partial charge in [-0.15, -0.1) is 0 Å². The van der Waals surface area contributed by atoms with Crippen molar-refractivity contribution in [3.05, 3.63) is 68.6 Å². The van der Waals surface area contributed by atoms with Crippen molar-refractivity contribution in [2.75, 3.05) is 4.90 Å². The molecule has 0 bridgehead atoms. The fraction of sp³-hybridized carbons (Fsp3) is 0.143. The Morgan fingerprint density at radius 3 is 2.79 bits per heavy atom. The van der Waals surface area contributed by atoms with Crippen molar-refractivity contribution in [3.8, 4) is 0 Å². The molecule has 7 heteroatoms. The van der Waals surface area contributed by atoms with Gasteiger partial charge in [0.25, 0.3) is 5.91 Å². The Morgan fingerprint density at radius 2 is 2.04 bits per heavy atom. The molecular weight excluding hydrogens is 476 g/mol. The number of nitrogens with zero attached hydrogens (tertiary/aromatic N) is 2. The summed E-state index contributed by atoms with van der Waals surface area (Å²) in [4.78, 5) is 15.2. The SMILES string of the molecule is CCCn1cc(/C=C2\SC(=S)N(c3ccc(Br)c(Cl)c3)C2=O)c2ccccc21. The van der Waals surface area contributed by atoms with Crippen molar-refractivity contribution in [2.45, 2.75) is 19.9 Å². The van der Waals surface area contributed by atoms with E-state index in [1.165, 1.54) is 22.2 Å². The van der Waals surface area contributed by atoms with E-state index in [9.17, 15) is 4.79 Å². The summed E-state index contributed by atoms with van der Waals surface area (Å²) >= 11 is 16.4. The number of rotatable bonds is 4. The number of thioether (sulfide) groups is 1. The second-order valence-electron chi connectivity index (χ2n) is 6.41. The summed E-state index contributed by atoms with van der Waals surface area (Å²) in [6.45, 7) is 3.09. The molecule has 0 N–H and O–H groups in total. The fourth-order valence-electron chi connectivity index (χ4n) is 3.27. The van der Waals surface area contributed by atoms with Crippen LogP contribution in [0, 0.1) is 0 Å². The van der Waals surface area contributed by atoms with Gasteiger partial charge in [0.05, 0.1) is 15.6 Å². The highest BCUT2D eigenvalue weighted by Crippen LogP contribution is 2.38. The van der Waals surface area contributed by atoms with E-state index in [1.54, 1.807) is 6.07 Å². The van der Waals surface area contributed by atoms with Crippen molar-refractivity contribution in [2.24, 2.45) is 0 Å². The zero-order valence-corrected chi connectivity index (χ0v) is 19.0. The molecule has 3 aromatic rings. The molecule has 0 spiro atoms. The van der Waals surface area contributed by atoms with Crippen LogP contribution in [0.5, 0.6) is 0 Å². The standard InChI is InChI=1S/C21H16BrClN2OS2/c1-2-9-24-12-13(15-5-3-4-6-18(15)24)10-19-20(26)25(21(27)28-19)14-7-8-16(22)17(23)11-14/h3-8,10-12H,2,9H2,1H3/b19-10-. The van der Waals surface area contributed by atoms with Crippen LogP contribution in [-0.2, 0) is 11.3 Å². The van der Waals surface area contributed by atoms with Crippen LogP contribution in [0.4, 0.5) is 5.69 Å². The Hall–Kier alpha value is -1.60. The molecular formula is C21H16BrClN2OS2. The van der Waals surface area contributed by atoms with Gasteiger partial charge < -0.3 is 4.57 Å². The van der Waals surface area contributed by atoms with Crippen LogP contribution in [0.15, 0.2) is 58.0 Å². The summed E-state index contributed by atoms with van der Waals surface area (Å²) in [7, 11) is 0. The molecule has 0 atom stereocenters. The summed E-state index contributed by atoms with van der Waals surface area (Å²) in [5.41, 5.74) is 2.87. The lowest BCUT2D eigenvalue weighted by molar-refractivity contribution is -0.113. The van der Waals surface area contributed by atoms with Gasteiger partial charge in [-0.3, -0.25) is 9.69 Å². The van der Waals surface area contributed by atoms with Crippen molar-refractivity contribution in [1.29, 1.82) is 0 Å². The first-order valence-corrected chi connectivity index (χ1v) is 11.2. The van der Waals surface area contributed by atoms with E-state index >= 15 is 0 Å². The molecule has 0 unspecified atom stereocenters. The minimum absolute atomic E-state index is 0.124. The lowest BCUT2D eigenvalue weighted by atomic mass is 10.1. The molecule has 0 aliphatic carbocycles. The fourth-order valence-corrected chi connectivity index (χ4v) is 4.98. The molecule has 1 aliphatic heterocycles. The number of carbonyl (C=O) groups is 1. The van der Waals surface area contributed by atoms with Gasteiger partial charge in [-0.05, 0) is 52.7 Å². The molecule has 142 valence electrons. The maximum absolute atomic E-state index is 13.1. The van der Waals surface area contributed by atoms with Crippen molar-refractivity contribution >= 4 is 84.4 Å². The second kappa shape index (κ2) is 8.03. The minimum atomic E-state index is -0.124. The van der Waals surface area contributed by atoms with E-state index in [4.69, 9.17) is 23.8 Å². The molecule has 1 fully saturated rings. The predicted molar refractivity (Wildman–Crippen MR) is 127 cm³/mol.